The Labute approximate surface area is 159 Å². The number of ether oxygens (including phenoxy) is 1. The number of hydrogen-bond acceptors (Lipinski definition) is 1. The summed E-state index contributed by atoms with van der Waals surface area (Å²) in [6, 6.07) is 12.1. The van der Waals surface area contributed by atoms with Crippen LogP contribution in [0.25, 0.3) is 11.1 Å². The van der Waals surface area contributed by atoms with Crippen molar-refractivity contribution in [1.82, 2.24) is 0 Å². The van der Waals surface area contributed by atoms with E-state index in [1.807, 2.05) is 19.1 Å². The van der Waals surface area contributed by atoms with Gasteiger partial charge < -0.3 is 4.74 Å². The minimum atomic E-state index is -4.79. The van der Waals surface area contributed by atoms with Crippen LogP contribution in [0.2, 0.25) is 10.0 Å². The molecule has 26 heavy (non-hydrogen) atoms. The summed E-state index contributed by atoms with van der Waals surface area (Å²) in [5.74, 6) is -0.189. The smallest absolute Gasteiger partial charge is 0.405 e. The van der Waals surface area contributed by atoms with Crippen LogP contribution in [0.3, 0.4) is 0 Å². The largest absolute Gasteiger partial charge is 0.573 e. The molecule has 0 aliphatic heterocycles. The van der Waals surface area contributed by atoms with Crippen LogP contribution in [0.5, 0.6) is 0 Å². The average molecular weight is 399 g/mol. The van der Waals surface area contributed by atoms with Crippen molar-refractivity contribution in [3.05, 3.63) is 81.0 Å². The van der Waals surface area contributed by atoms with Crippen molar-refractivity contribution >= 4 is 34.3 Å². The summed E-state index contributed by atoms with van der Waals surface area (Å²) >= 11 is 12.0. The maximum absolute atomic E-state index is 13.1. The van der Waals surface area contributed by atoms with Crippen LogP contribution in [-0.4, -0.2) is 6.36 Å². The molecular formula is C20H15Cl2F3O. The van der Waals surface area contributed by atoms with E-state index in [1.165, 1.54) is 0 Å². The van der Waals surface area contributed by atoms with Crippen molar-refractivity contribution in [2.24, 2.45) is 0 Å². The van der Waals surface area contributed by atoms with E-state index >= 15 is 0 Å². The first kappa shape index (κ1) is 18.9. The maximum Gasteiger partial charge on any atom is 0.573 e. The summed E-state index contributed by atoms with van der Waals surface area (Å²) in [4.78, 5) is 0. The number of aryl methyl sites for hydroxylation is 1. The first-order valence-corrected chi connectivity index (χ1v) is 8.72. The SMILES string of the molecule is Cc1ccc(C2=CCCC(c3ccc(Cl)c(Cl)c3)=C2OC(F)(F)F)cc1. The van der Waals surface area contributed by atoms with Crippen LogP contribution < -0.4 is 0 Å². The molecule has 1 aliphatic rings. The molecule has 0 radical (unpaired) electrons. The topological polar surface area (TPSA) is 9.23 Å². The third kappa shape index (κ3) is 4.25. The Balaban J connectivity index is 2.14. The van der Waals surface area contributed by atoms with E-state index in [4.69, 9.17) is 23.2 Å². The van der Waals surface area contributed by atoms with Gasteiger partial charge in [-0.2, -0.15) is 0 Å². The molecule has 0 unspecified atom stereocenters. The number of rotatable bonds is 3. The van der Waals surface area contributed by atoms with E-state index < -0.39 is 6.36 Å². The molecule has 0 saturated carbocycles. The molecule has 0 atom stereocenters. The van der Waals surface area contributed by atoms with Crippen LogP contribution in [0.4, 0.5) is 13.2 Å². The molecule has 0 fully saturated rings. The molecule has 6 heteroatoms. The molecule has 136 valence electrons. The molecule has 2 aromatic rings. The van der Waals surface area contributed by atoms with Crippen molar-refractivity contribution in [3.8, 4) is 0 Å². The number of allylic oxidation sites excluding steroid dienone is 3. The predicted octanol–water partition coefficient (Wildman–Crippen LogP) is 7.43. The van der Waals surface area contributed by atoms with E-state index in [0.717, 1.165) is 5.56 Å². The predicted molar refractivity (Wildman–Crippen MR) is 98.9 cm³/mol. The number of benzene rings is 2. The van der Waals surface area contributed by atoms with E-state index in [9.17, 15) is 13.2 Å². The molecule has 2 aromatic carbocycles. The molecule has 0 aromatic heterocycles. The summed E-state index contributed by atoms with van der Waals surface area (Å²) in [7, 11) is 0. The minimum absolute atomic E-state index is 0.189. The number of halogens is 5. The summed E-state index contributed by atoms with van der Waals surface area (Å²) in [5.41, 5.74) is 3.15. The Morgan fingerprint density at radius 2 is 1.58 bits per heavy atom. The van der Waals surface area contributed by atoms with Crippen LogP contribution >= 0.6 is 23.2 Å². The fraction of sp³-hybridized carbons (Fsp3) is 0.200. The molecule has 1 aliphatic carbocycles. The molecule has 3 rings (SSSR count). The third-order valence-corrected chi connectivity index (χ3v) is 4.85. The first-order chi connectivity index (χ1) is 12.2. The quantitative estimate of drug-likeness (QED) is 0.522. The number of alkyl halides is 3. The second-order valence-electron chi connectivity index (χ2n) is 6.01. The van der Waals surface area contributed by atoms with Gasteiger partial charge in [-0.05, 0) is 43.0 Å². The molecule has 0 bridgehead atoms. The molecule has 0 spiro atoms. The standard InChI is InChI=1S/C20H15Cl2F3O/c1-12-5-7-13(8-6-12)15-3-2-4-16(19(15)26-20(23,24)25)14-9-10-17(21)18(22)11-14/h3,5-11H,2,4H2,1H3. The van der Waals surface area contributed by atoms with Gasteiger partial charge in [-0.25, -0.2) is 0 Å². The lowest BCUT2D eigenvalue weighted by atomic mass is 9.88. The summed E-state index contributed by atoms with van der Waals surface area (Å²) in [6.45, 7) is 1.92. The summed E-state index contributed by atoms with van der Waals surface area (Å²) in [5, 5.41) is 0.633. The molecular weight excluding hydrogens is 384 g/mol. The Morgan fingerprint density at radius 3 is 2.19 bits per heavy atom. The van der Waals surface area contributed by atoms with Crippen LogP contribution in [0.15, 0.2) is 54.3 Å². The highest BCUT2D eigenvalue weighted by molar-refractivity contribution is 6.42. The average Bonchev–Trinajstić information content (AvgIpc) is 2.57. The van der Waals surface area contributed by atoms with Crippen molar-refractivity contribution in [2.45, 2.75) is 26.1 Å². The minimum Gasteiger partial charge on any atom is -0.405 e. The fourth-order valence-electron chi connectivity index (χ4n) is 2.90. The zero-order chi connectivity index (χ0) is 18.9. The van der Waals surface area contributed by atoms with Crippen molar-refractivity contribution < 1.29 is 17.9 Å². The van der Waals surface area contributed by atoms with Crippen LogP contribution in [0.1, 0.15) is 29.5 Å². The normalized spacial score (nSPS) is 15.1. The molecule has 0 amide bonds. The molecule has 1 nitrogen and oxygen atoms in total. The highest BCUT2D eigenvalue weighted by Crippen LogP contribution is 2.42. The molecule has 0 N–H and O–H groups in total. The van der Waals surface area contributed by atoms with Crippen molar-refractivity contribution in [2.75, 3.05) is 0 Å². The molecule has 0 heterocycles. The number of hydrogen-bond donors (Lipinski definition) is 0. The van der Waals surface area contributed by atoms with Crippen molar-refractivity contribution in [3.63, 3.8) is 0 Å². The lowest BCUT2D eigenvalue weighted by Crippen LogP contribution is -2.16. The van der Waals surface area contributed by atoms with Gasteiger partial charge in [-0.15, -0.1) is 13.2 Å². The first-order valence-electron chi connectivity index (χ1n) is 7.96. The summed E-state index contributed by atoms with van der Waals surface area (Å²) < 4.78 is 43.7. The highest BCUT2D eigenvalue weighted by atomic mass is 35.5. The Kier molecular flexibility index (Phi) is 5.35. The van der Waals surface area contributed by atoms with Gasteiger partial charge >= 0.3 is 6.36 Å². The van der Waals surface area contributed by atoms with Gasteiger partial charge in [0.25, 0.3) is 0 Å². The Bertz CT molecular complexity index is 881. The van der Waals surface area contributed by atoms with Gasteiger partial charge in [0.05, 0.1) is 10.0 Å². The second kappa shape index (κ2) is 7.37. The van der Waals surface area contributed by atoms with E-state index in [-0.39, 0.29) is 10.8 Å². The summed E-state index contributed by atoms with van der Waals surface area (Å²) in [6.07, 6.45) is -2.01. The van der Waals surface area contributed by atoms with Crippen LogP contribution in [-0.2, 0) is 4.74 Å². The maximum atomic E-state index is 13.1. The van der Waals surface area contributed by atoms with Gasteiger partial charge in [-0.3, -0.25) is 0 Å². The van der Waals surface area contributed by atoms with E-state index in [1.54, 1.807) is 36.4 Å². The van der Waals surface area contributed by atoms with Gasteiger partial charge in [0.15, 0.2) is 0 Å². The monoisotopic (exact) mass is 398 g/mol. The lowest BCUT2D eigenvalue weighted by molar-refractivity contribution is -0.302. The highest BCUT2D eigenvalue weighted by Gasteiger charge is 2.35. The van der Waals surface area contributed by atoms with E-state index in [2.05, 4.69) is 4.74 Å². The second-order valence-corrected chi connectivity index (χ2v) is 6.82. The van der Waals surface area contributed by atoms with Crippen molar-refractivity contribution in [1.29, 1.82) is 0 Å². The Hall–Kier alpha value is -1.91. The fourth-order valence-corrected chi connectivity index (χ4v) is 3.20. The lowest BCUT2D eigenvalue weighted by Gasteiger charge is -2.24. The molecule has 0 saturated heterocycles. The van der Waals surface area contributed by atoms with Crippen LogP contribution in [0, 0.1) is 6.92 Å². The third-order valence-electron chi connectivity index (χ3n) is 4.11. The Morgan fingerprint density at radius 1 is 0.923 bits per heavy atom. The van der Waals surface area contributed by atoms with Gasteiger partial charge in [0, 0.05) is 11.1 Å². The van der Waals surface area contributed by atoms with E-state index in [0.29, 0.717) is 40.1 Å². The van der Waals surface area contributed by atoms with Gasteiger partial charge in [-0.1, -0.05) is 65.2 Å². The zero-order valence-corrected chi connectivity index (χ0v) is 15.3. The van der Waals surface area contributed by atoms with Gasteiger partial charge in [0.1, 0.15) is 5.76 Å². The zero-order valence-electron chi connectivity index (χ0n) is 13.8. The van der Waals surface area contributed by atoms with Gasteiger partial charge in [0.2, 0.25) is 0 Å².